The van der Waals surface area contributed by atoms with Crippen LogP contribution in [0.2, 0.25) is 0 Å². The summed E-state index contributed by atoms with van der Waals surface area (Å²) in [6.45, 7) is 3.72. The molecular formula is C14H21NO4. The summed E-state index contributed by atoms with van der Waals surface area (Å²) in [7, 11) is 3.21. The number of hydrogen-bond donors (Lipinski definition) is 2. The molecule has 2 N–H and O–H groups in total. The van der Waals surface area contributed by atoms with Crippen LogP contribution >= 0.6 is 0 Å². The molecule has 5 heteroatoms. The van der Waals surface area contributed by atoms with Crippen LogP contribution in [0.25, 0.3) is 0 Å². The summed E-state index contributed by atoms with van der Waals surface area (Å²) >= 11 is 0. The van der Waals surface area contributed by atoms with E-state index in [9.17, 15) is 4.79 Å². The zero-order valence-electron chi connectivity index (χ0n) is 11.8. The Hall–Kier alpha value is -1.91. The number of nitrogens with one attached hydrogen (secondary N) is 1. The van der Waals surface area contributed by atoms with Gasteiger partial charge in [0.05, 0.1) is 14.2 Å². The normalized spacial score (nSPS) is 10.9. The molecule has 0 aromatic heterocycles. The fourth-order valence-electron chi connectivity index (χ4n) is 1.82. The van der Waals surface area contributed by atoms with Crippen LogP contribution in [0, 0.1) is 0 Å². The Kier molecular flexibility index (Phi) is 5.03. The van der Waals surface area contributed by atoms with E-state index in [2.05, 4.69) is 5.32 Å². The molecule has 0 aliphatic rings. The van der Waals surface area contributed by atoms with Gasteiger partial charge in [0.25, 0.3) is 0 Å². The van der Waals surface area contributed by atoms with Gasteiger partial charge in [-0.25, -0.2) is 4.79 Å². The molecule has 1 rings (SSSR count). The molecule has 0 aliphatic heterocycles. The van der Waals surface area contributed by atoms with Crippen LogP contribution in [0.3, 0.4) is 0 Å². The molecule has 0 aliphatic carbocycles. The van der Waals surface area contributed by atoms with E-state index in [1.807, 2.05) is 32.0 Å². The van der Waals surface area contributed by atoms with Crippen molar-refractivity contribution in [1.82, 2.24) is 5.32 Å². The molecule has 0 saturated carbocycles. The third-order valence-corrected chi connectivity index (χ3v) is 2.90. The Balaban J connectivity index is 2.74. The number of ether oxygens (including phenoxy) is 2. The minimum absolute atomic E-state index is 0.470. The zero-order chi connectivity index (χ0) is 14.5. The van der Waals surface area contributed by atoms with Crippen molar-refractivity contribution in [1.29, 1.82) is 0 Å². The van der Waals surface area contributed by atoms with Gasteiger partial charge in [0, 0.05) is 11.6 Å². The first-order valence-electron chi connectivity index (χ1n) is 6.09. The lowest BCUT2D eigenvalue weighted by molar-refractivity contribution is 0.180. The molecule has 0 radical (unpaired) electrons. The first-order valence-corrected chi connectivity index (χ1v) is 6.09. The SMILES string of the molecule is COc1cc(CCC(C)(C)NC(=O)O)cc(OC)c1. The summed E-state index contributed by atoms with van der Waals surface area (Å²) in [6, 6.07) is 5.67. The number of amides is 1. The lowest BCUT2D eigenvalue weighted by atomic mass is 9.95. The third kappa shape index (κ3) is 5.07. The maximum atomic E-state index is 10.7. The van der Waals surface area contributed by atoms with Crippen molar-refractivity contribution in [3.05, 3.63) is 23.8 Å². The van der Waals surface area contributed by atoms with Gasteiger partial charge < -0.3 is 19.9 Å². The summed E-state index contributed by atoms with van der Waals surface area (Å²) in [5.74, 6) is 1.47. The molecule has 0 spiro atoms. The molecule has 1 amide bonds. The topological polar surface area (TPSA) is 67.8 Å². The minimum Gasteiger partial charge on any atom is -0.497 e. The van der Waals surface area contributed by atoms with Crippen LogP contribution < -0.4 is 14.8 Å². The third-order valence-electron chi connectivity index (χ3n) is 2.90. The van der Waals surface area contributed by atoms with E-state index in [1.165, 1.54) is 0 Å². The van der Waals surface area contributed by atoms with Gasteiger partial charge in [-0.2, -0.15) is 0 Å². The van der Waals surface area contributed by atoms with Crippen molar-refractivity contribution in [2.45, 2.75) is 32.2 Å². The van der Waals surface area contributed by atoms with Crippen LogP contribution in [0.5, 0.6) is 11.5 Å². The van der Waals surface area contributed by atoms with Gasteiger partial charge in [-0.3, -0.25) is 0 Å². The van der Waals surface area contributed by atoms with Crippen LogP contribution in [0.1, 0.15) is 25.8 Å². The predicted molar refractivity (Wildman–Crippen MR) is 73.1 cm³/mol. The largest absolute Gasteiger partial charge is 0.497 e. The molecule has 106 valence electrons. The van der Waals surface area contributed by atoms with E-state index in [0.29, 0.717) is 6.42 Å². The number of aryl methyl sites for hydroxylation is 1. The van der Waals surface area contributed by atoms with E-state index in [0.717, 1.165) is 23.5 Å². The van der Waals surface area contributed by atoms with Crippen LogP contribution in [-0.2, 0) is 6.42 Å². The number of methoxy groups -OCH3 is 2. The summed E-state index contributed by atoms with van der Waals surface area (Å²) in [4.78, 5) is 10.7. The van der Waals surface area contributed by atoms with Crippen molar-refractivity contribution in [3.8, 4) is 11.5 Å². The van der Waals surface area contributed by atoms with Crippen molar-refractivity contribution >= 4 is 6.09 Å². The van der Waals surface area contributed by atoms with Crippen LogP contribution in [0.15, 0.2) is 18.2 Å². The van der Waals surface area contributed by atoms with E-state index < -0.39 is 11.6 Å². The Labute approximate surface area is 113 Å². The first kappa shape index (κ1) is 15.1. The quantitative estimate of drug-likeness (QED) is 0.831. The van der Waals surface area contributed by atoms with Crippen molar-refractivity contribution in [3.63, 3.8) is 0 Å². The standard InChI is InChI=1S/C14H21NO4/c1-14(2,15-13(16)17)6-5-10-7-11(18-3)9-12(8-10)19-4/h7-9,15H,5-6H2,1-4H3,(H,16,17). The maximum absolute atomic E-state index is 10.7. The number of carbonyl (C=O) groups is 1. The molecule has 0 heterocycles. The molecular weight excluding hydrogens is 246 g/mol. The molecule has 19 heavy (non-hydrogen) atoms. The van der Waals surface area contributed by atoms with Crippen LogP contribution in [-0.4, -0.2) is 31.0 Å². The lowest BCUT2D eigenvalue weighted by Crippen LogP contribution is -2.42. The first-order chi connectivity index (χ1) is 8.86. The molecule has 0 fully saturated rings. The van der Waals surface area contributed by atoms with E-state index in [-0.39, 0.29) is 0 Å². The van der Waals surface area contributed by atoms with Gasteiger partial charge >= 0.3 is 6.09 Å². The van der Waals surface area contributed by atoms with Gasteiger partial charge in [-0.05, 0) is 44.4 Å². The second-order valence-corrected chi connectivity index (χ2v) is 5.03. The highest BCUT2D eigenvalue weighted by Crippen LogP contribution is 2.24. The fourth-order valence-corrected chi connectivity index (χ4v) is 1.82. The number of carboxylic acid groups (broad SMARTS) is 1. The van der Waals surface area contributed by atoms with E-state index >= 15 is 0 Å². The molecule has 1 aromatic carbocycles. The van der Waals surface area contributed by atoms with Gasteiger partial charge in [-0.1, -0.05) is 0 Å². The number of rotatable bonds is 6. The maximum Gasteiger partial charge on any atom is 0.405 e. The second kappa shape index (κ2) is 6.31. The molecule has 1 aromatic rings. The average Bonchev–Trinajstić information content (AvgIpc) is 2.34. The molecule has 0 unspecified atom stereocenters. The zero-order valence-corrected chi connectivity index (χ0v) is 11.8. The Bertz CT molecular complexity index is 421. The highest BCUT2D eigenvalue weighted by molar-refractivity contribution is 5.65. The average molecular weight is 267 g/mol. The Morgan fingerprint density at radius 2 is 1.74 bits per heavy atom. The Morgan fingerprint density at radius 1 is 1.21 bits per heavy atom. The number of benzene rings is 1. The van der Waals surface area contributed by atoms with E-state index in [1.54, 1.807) is 14.2 Å². The molecule has 0 bridgehead atoms. The predicted octanol–water partition coefficient (Wildman–Crippen LogP) is 2.68. The van der Waals surface area contributed by atoms with Crippen LogP contribution in [0.4, 0.5) is 4.79 Å². The number of hydrogen-bond acceptors (Lipinski definition) is 3. The fraction of sp³-hybridized carbons (Fsp3) is 0.500. The summed E-state index contributed by atoms with van der Waals surface area (Å²) in [6.07, 6.45) is 0.421. The highest BCUT2D eigenvalue weighted by atomic mass is 16.5. The van der Waals surface area contributed by atoms with Gasteiger partial charge in [0.2, 0.25) is 0 Å². The summed E-state index contributed by atoms with van der Waals surface area (Å²) < 4.78 is 10.4. The van der Waals surface area contributed by atoms with Gasteiger partial charge in [-0.15, -0.1) is 0 Å². The van der Waals surface area contributed by atoms with Crippen molar-refractivity contribution in [2.75, 3.05) is 14.2 Å². The molecule has 0 atom stereocenters. The Morgan fingerprint density at radius 3 is 2.16 bits per heavy atom. The molecule has 5 nitrogen and oxygen atoms in total. The van der Waals surface area contributed by atoms with Gasteiger partial charge in [0.15, 0.2) is 0 Å². The minimum atomic E-state index is -1.01. The monoisotopic (exact) mass is 267 g/mol. The lowest BCUT2D eigenvalue weighted by Gasteiger charge is -2.24. The molecule has 0 saturated heterocycles. The smallest absolute Gasteiger partial charge is 0.405 e. The highest BCUT2D eigenvalue weighted by Gasteiger charge is 2.19. The summed E-state index contributed by atoms with van der Waals surface area (Å²) in [5.41, 5.74) is 0.582. The summed E-state index contributed by atoms with van der Waals surface area (Å²) in [5, 5.41) is 11.3. The van der Waals surface area contributed by atoms with Crippen molar-refractivity contribution in [2.24, 2.45) is 0 Å². The second-order valence-electron chi connectivity index (χ2n) is 5.03. The van der Waals surface area contributed by atoms with Crippen molar-refractivity contribution < 1.29 is 19.4 Å². The van der Waals surface area contributed by atoms with E-state index in [4.69, 9.17) is 14.6 Å². The van der Waals surface area contributed by atoms with Gasteiger partial charge in [0.1, 0.15) is 11.5 Å².